The van der Waals surface area contributed by atoms with Crippen LogP contribution in [0.15, 0.2) is 52.5 Å². The number of aliphatic hydroxyl groups excluding tert-OH is 1. The van der Waals surface area contributed by atoms with Crippen molar-refractivity contribution in [3.05, 3.63) is 52.6 Å². The molecule has 2 aromatic carbocycles. The van der Waals surface area contributed by atoms with Gasteiger partial charge in [-0.25, -0.2) is 4.98 Å². The quantitative estimate of drug-likeness (QED) is 0.467. The Morgan fingerprint density at radius 2 is 2.17 bits per heavy atom. The number of aromatic amines is 1. The molecule has 1 unspecified atom stereocenters. The normalized spacial score (nSPS) is 12.2. The van der Waals surface area contributed by atoms with E-state index in [2.05, 4.69) is 15.3 Å². The summed E-state index contributed by atoms with van der Waals surface area (Å²) in [5, 5.41) is 24.2. The van der Waals surface area contributed by atoms with Crippen molar-refractivity contribution in [1.29, 1.82) is 0 Å². The van der Waals surface area contributed by atoms with Crippen LogP contribution in [-0.2, 0) is 0 Å². The zero-order valence-corrected chi connectivity index (χ0v) is 13.7. The molecular formula is C16H16N4O3S. The van der Waals surface area contributed by atoms with E-state index in [-0.39, 0.29) is 5.69 Å². The third-order valence-electron chi connectivity index (χ3n) is 3.33. The minimum atomic E-state index is -0.508. The van der Waals surface area contributed by atoms with Gasteiger partial charge in [-0.1, -0.05) is 12.1 Å². The molecule has 0 amide bonds. The molecule has 0 bridgehead atoms. The van der Waals surface area contributed by atoms with Gasteiger partial charge < -0.3 is 15.4 Å². The van der Waals surface area contributed by atoms with Gasteiger partial charge in [0.15, 0.2) is 5.16 Å². The first-order chi connectivity index (χ1) is 11.5. The topological polar surface area (TPSA) is 104 Å². The first-order valence-corrected chi connectivity index (χ1v) is 8.17. The molecule has 0 radical (unpaired) electrons. The van der Waals surface area contributed by atoms with E-state index < -0.39 is 11.0 Å². The van der Waals surface area contributed by atoms with Crippen LogP contribution in [0.1, 0.15) is 6.92 Å². The van der Waals surface area contributed by atoms with Gasteiger partial charge >= 0.3 is 0 Å². The number of benzene rings is 2. The van der Waals surface area contributed by atoms with E-state index in [1.807, 2.05) is 24.3 Å². The molecule has 0 aliphatic carbocycles. The standard InChI is InChI=1S/C16H16N4O3S/c1-10(21)9-17-11-6-7-14(20(22)23)15(8-11)24-16-18-12-4-2-3-5-13(12)19-16/h2-8,10,17,21H,9H2,1H3,(H,18,19). The van der Waals surface area contributed by atoms with Crippen LogP contribution in [0, 0.1) is 10.1 Å². The van der Waals surface area contributed by atoms with Gasteiger partial charge in [0, 0.05) is 18.3 Å². The molecule has 0 aliphatic heterocycles. The summed E-state index contributed by atoms with van der Waals surface area (Å²) in [6.45, 7) is 2.04. The van der Waals surface area contributed by atoms with Crippen molar-refractivity contribution in [2.24, 2.45) is 0 Å². The molecule has 7 nitrogen and oxygen atoms in total. The summed E-state index contributed by atoms with van der Waals surface area (Å²) in [6, 6.07) is 12.3. The van der Waals surface area contributed by atoms with E-state index in [9.17, 15) is 15.2 Å². The van der Waals surface area contributed by atoms with Crippen LogP contribution in [0.3, 0.4) is 0 Å². The highest BCUT2D eigenvalue weighted by Gasteiger charge is 2.17. The summed E-state index contributed by atoms with van der Waals surface area (Å²) in [7, 11) is 0. The molecule has 3 aromatic rings. The lowest BCUT2D eigenvalue weighted by Gasteiger charge is -2.09. The van der Waals surface area contributed by atoms with Crippen LogP contribution in [0.4, 0.5) is 11.4 Å². The summed E-state index contributed by atoms with van der Waals surface area (Å²) in [5.74, 6) is 0. The zero-order chi connectivity index (χ0) is 17.1. The van der Waals surface area contributed by atoms with Crippen molar-refractivity contribution >= 4 is 34.2 Å². The number of para-hydroxylation sites is 2. The van der Waals surface area contributed by atoms with Crippen LogP contribution in [0.2, 0.25) is 0 Å². The van der Waals surface area contributed by atoms with E-state index in [1.165, 1.54) is 17.8 Å². The first-order valence-electron chi connectivity index (χ1n) is 7.36. The van der Waals surface area contributed by atoms with Gasteiger partial charge in [0.05, 0.1) is 27.0 Å². The average molecular weight is 344 g/mol. The number of aromatic nitrogens is 2. The van der Waals surface area contributed by atoms with Gasteiger partial charge in [0.2, 0.25) is 0 Å². The minimum absolute atomic E-state index is 0.0167. The van der Waals surface area contributed by atoms with Crippen LogP contribution < -0.4 is 5.32 Å². The number of rotatable bonds is 6. The van der Waals surface area contributed by atoms with E-state index >= 15 is 0 Å². The first kappa shape index (κ1) is 16.3. The number of hydrogen-bond acceptors (Lipinski definition) is 6. The highest BCUT2D eigenvalue weighted by molar-refractivity contribution is 7.99. The Hall–Kier alpha value is -2.58. The van der Waals surface area contributed by atoms with Crippen molar-refractivity contribution in [2.45, 2.75) is 23.1 Å². The van der Waals surface area contributed by atoms with Gasteiger partial charge in [0.25, 0.3) is 5.69 Å². The summed E-state index contributed by atoms with van der Waals surface area (Å²) in [5.41, 5.74) is 2.42. The predicted octanol–water partition coefficient (Wildman–Crippen LogP) is 3.42. The zero-order valence-electron chi connectivity index (χ0n) is 12.9. The lowest BCUT2D eigenvalue weighted by molar-refractivity contribution is -0.387. The number of fused-ring (bicyclic) bond motifs is 1. The molecule has 1 heterocycles. The van der Waals surface area contributed by atoms with E-state index in [1.54, 1.807) is 19.1 Å². The maximum atomic E-state index is 11.3. The third kappa shape index (κ3) is 3.66. The Bertz CT molecular complexity index is 846. The maximum absolute atomic E-state index is 11.3. The molecule has 0 saturated carbocycles. The van der Waals surface area contributed by atoms with E-state index in [0.29, 0.717) is 22.3 Å². The van der Waals surface area contributed by atoms with Gasteiger partial charge in [-0.05, 0) is 43.0 Å². The fourth-order valence-corrected chi connectivity index (χ4v) is 3.15. The lowest BCUT2D eigenvalue weighted by Crippen LogP contribution is -2.15. The number of anilines is 1. The molecule has 124 valence electrons. The number of imidazole rings is 1. The molecule has 3 rings (SSSR count). The van der Waals surface area contributed by atoms with Crippen LogP contribution in [0.5, 0.6) is 0 Å². The van der Waals surface area contributed by atoms with Gasteiger partial charge in [0.1, 0.15) is 0 Å². The fourth-order valence-electron chi connectivity index (χ4n) is 2.20. The van der Waals surface area contributed by atoms with Gasteiger partial charge in [-0.15, -0.1) is 0 Å². The summed E-state index contributed by atoms with van der Waals surface area (Å²) in [6.07, 6.45) is -0.508. The van der Waals surface area contributed by atoms with Crippen molar-refractivity contribution in [1.82, 2.24) is 9.97 Å². The fraction of sp³-hybridized carbons (Fsp3) is 0.188. The average Bonchev–Trinajstić information content (AvgIpc) is 2.95. The summed E-state index contributed by atoms with van der Waals surface area (Å²) < 4.78 is 0. The number of nitrogens with one attached hydrogen (secondary N) is 2. The molecule has 0 saturated heterocycles. The second-order valence-electron chi connectivity index (χ2n) is 5.33. The van der Waals surface area contributed by atoms with Crippen LogP contribution >= 0.6 is 11.8 Å². The molecule has 0 fully saturated rings. The second-order valence-corrected chi connectivity index (χ2v) is 6.36. The molecule has 1 atom stereocenters. The number of aliphatic hydroxyl groups is 1. The second kappa shape index (κ2) is 6.90. The number of nitro benzene ring substituents is 1. The maximum Gasteiger partial charge on any atom is 0.283 e. The molecule has 3 N–H and O–H groups in total. The molecule has 0 spiro atoms. The number of nitrogens with zero attached hydrogens (tertiary/aromatic N) is 2. The Morgan fingerprint density at radius 3 is 2.88 bits per heavy atom. The third-order valence-corrected chi connectivity index (χ3v) is 4.27. The van der Waals surface area contributed by atoms with Crippen molar-refractivity contribution in [3.63, 3.8) is 0 Å². The highest BCUT2D eigenvalue weighted by Crippen LogP contribution is 2.36. The Labute approximate surface area is 142 Å². The monoisotopic (exact) mass is 344 g/mol. The molecular weight excluding hydrogens is 328 g/mol. The SMILES string of the molecule is CC(O)CNc1ccc([N+](=O)[O-])c(Sc2nc3ccccc3[nH]2)c1. The highest BCUT2D eigenvalue weighted by atomic mass is 32.2. The Morgan fingerprint density at radius 1 is 1.38 bits per heavy atom. The van der Waals surface area contributed by atoms with Crippen molar-refractivity contribution < 1.29 is 10.0 Å². The number of H-pyrrole nitrogens is 1. The van der Waals surface area contributed by atoms with Gasteiger partial charge in [-0.2, -0.15) is 0 Å². The summed E-state index contributed by atoms with van der Waals surface area (Å²) >= 11 is 1.21. The molecule has 8 heteroatoms. The molecule has 0 aliphatic rings. The molecule has 1 aromatic heterocycles. The summed E-state index contributed by atoms with van der Waals surface area (Å²) in [4.78, 5) is 18.9. The van der Waals surface area contributed by atoms with Crippen molar-refractivity contribution in [2.75, 3.05) is 11.9 Å². The van der Waals surface area contributed by atoms with E-state index in [4.69, 9.17) is 0 Å². The largest absolute Gasteiger partial charge is 0.392 e. The van der Waals surface area contributed by atoms with Crippen LogP contribution in [0.25, 0.3) is 11.0 Å². The Balaban J connectivity index is 1.91. The van der Waals surface area contributed by atoms with Gasteiger partial charge in [-0.3, -0.25) is 10.1 Å². The predicted molar refractivity (Wildman–Crippen MR) is 93.5 cm³/mol. The number of nitro groups is 1. The lowest BCUT2D eigenvalue weighted by atomic mass is 10.2. The minimum Gasteiger partial charge on any atom is -0.392 e. The smallest absolute Gasteiger partial charge is 0.283 e. The Kier molecular flexibility index (Phi) is 4.68. The van der Waals surface area contributed by atoms with E-state index in [0.717, 1.165) is 11.0 Å². The van der Waals surface area contributed by atoms with Crippen LogP contribution in [-0.4, -0.2) is 32.6 Å². The number of hydrogen-bond donors (Lipinski definition) is 3. The van der Waals surface area contributed by atoms with Crippen molar-refractivity contribution in [3.8, 4) is 0 Å². The molecule has 24 heavy (non-hydrogen) atoms.